The summed E-state index contributed by atoms with van der Waals surface area (Å²) in [5, 5.41) is 7.14. The molecule has 2 aromatic carbocycles. The number of methoxy groups -OCH3 is 1. The van der Waals surface area contributed by atoms with Crippen molar-refractivity contribution < 1.29 is 9.53 Å². The van der Waals surface area contributed by atoms with Gasteiger partial charge >= 0.3 is 0 Å². The van der Waals surface area contributed by atoms with Crippen LogP contribution in [0, 0.1) is 13.8 Å². The van der Waals surface area contributed by atoms with Crippen molar-refractivity contribution in [2.45, 2.75) is 32.4 Å². The Kier molecular flexibility index (Phi) is 7.42. The van der Waals surface area contributed by atoms with E-state index in [1.165, 1.54) is 0 Å². The van der Waals surface area contributed by atoms with Crippen molar-refractivity contribution in [3.63, 3.8) is 0 Å². The number of hydrogen-bond acceptors (Lipinski definition) is 4. The second-order valence-corrected chi connectivity index (χ2v) is 9.80. The van der Waals surface area contributed by atoms with Crippen LogP contribution in [0.15, 0.2) is 85.2 Å². The molecule has 0 saturated carbocycles. The predicted octanol–water partition coefficient (Wildman–Crippen LogP) is 5.50. The van der Waals surface area contributed by atoms with E-state index in [1.54, 1.807) is 13.3 Å². The van der Waals surface area contributed by atoms with E-state index < -0.39 is 0 Å². The Morgan fingerprint density at radius 3 is 2.68 bits per heavy atom. The first-order chi connectivity index (χ1) is 18.5. The molecule has 2 atom stereocenters. The lowest BCUT2D eigenvalue weighted by atomic mass is 10.0. The summed E-state index contributed by atoms with van der Waals surface area (Å²) in [6.07, 6.45) is 4.10. The van der Waals surface area contributed by atoms with Crippen LogP contribution >= 0.6 is 12.2 Å². The first-order valence-corrected chi connectivity index (χ1v) is 13.0. The number of aryl methyl sites for hydroxylation is 2. The second-order valence-electron chi connectivity index (χ2n) is 9.41. The SMILES string of the molecule is COc1ccccc1-n1cccc1[C@H]1[C@@H](c2ccccn2)NC(=S)N1CCC(=O)Nc1cc(C)ccc1C. The van der Waals surface area contributed by atoms with Crippen molar-refractivity contribution in [3.05, 3.63) is 108 Å². The Morgan fingerprint density at radius 1 is 1.08 bits per heavy atom. The standard InChI is InChI=1S/C30H31N5O2S/c1-20-13-14-21(2)23(19-20)32-27(36)15-18-35-29(28(33-30(35)38)22-9-6-7-16-31-22)25-11-8-17-34(25)24-10-4-5-12-26(24)37-3/h4-14,16-17,19,28-29H,15,18H2,1-3H3,(H,32,36)(H,33,38)/t28-,29+/m1/s1. The van der Waals surface area contributed by atoms with Gasteiger partial charge in [0.05, 0.1) is 30.6 Å². The van der Waals surface area contributed by atoms with Crippen molar-refractivity contribution in [1.82, 2.24) is 19.8 Å². The molecular weight excluding hydrogens is 494 g/mol. The Hall–Kier alpha value is -4.17. The van der Waals surface area contributed by atoms with E-state index in [9.17, 15) is 4.79 Å². The number of carbonyl (C=O) groups is 1. The number of amides is 1. The fourth-order valence-corrected chi connectivity index (χ4v) is 5.29. The molecule has 38 heavy (non-hydrogen) atoms. The number of ether oxygens (including phenoxy) is 1. The van der Waals surface area contributed by atoms with Gasteiger partial charge in [0.25, 0.3) is 0 Å². The molecular formula is C30H31N5O2S. The Balaban J connectivity index is 1.46. The molecule has 0 aliphatic carbocycles. The van der Waals surface area contributed by atoms with Gasteiger partial charge in [-0.15, -0.1) is 0 Å². The van der Waals surface area contributed by atoms with Gasteiger partial charge in [-0.05, 0) is 79.7 Å². The van der Waals surface area contributed by atoms with Gasteiger partial charge in [0.15, 0.2) is 5.11 Å². The van der Waals surface area contributed by atoms with Crippen molar-refractivity contribution in [1.29, 1.82) is 0 Å². The van der Waals surface area contributed by atoms with E-state index in [0.29, 0.717) is 11.7 Å². The molecule has 0 unspecified atom stereocenters. The van der Waals surface area contributed by atoms with E-state index in [0.717, 1.165) is 39.6 Å². The normalized spacial score (nSPS) is 16.8. The summed E-state index contributed by atoms with van der Waals surface area (Å²) in [7, 11) is 1.67. The molecule has 0 spiro atoms. The molecule has 194 valence electrons. The molecule has 1 aliphatic rings. The van der Waals surface area contributed by atoms with E-state index in [4.69, 9.17) is 17.0 Å². The molecule has 8 heteroatoms. The number of aromatic nitrogens is 2. The van der Waals surface area contributed by atoms with E-state index in [-0.39, 0.29) is 24.4 Å². The van der Waals surface area contributed by atoms with Crippen LogP contribution in [0.5, 0.6) is 5.75 Å². The monoisotopic (exact) mass is 525 g/mol. The minimum atomic E-state index is -0.189. The summed E-state index contributed by atoms with van der Waals surface area (Å²) in [4.78, 5) is 19.7. The van der Waals surface area contributed by atoms with Crippen LogP contribution in [-0.4, -0.2) is 39.1 Å². The van der Waals surface area contributed by atoms with Gasteiger partial charge in [-0.2, -0.15) is 0 Å². The molecule has 0 radical (unpaired) electrons. The van der Waals surface area contributed by atoms with E-state index in [2.05, 4.69) is 31.2 Å². The number of hydrogen-bond donors (Lipinski definition) is 2. The third-order valence-electron chi connectivity index (χ3n) is 6.87. The lowest BCUT2D eigenvalue weighted by Crippen LogP contribution is -2.33. The highest BCUT2D eigenvalue weighted by atomic mass is 32.1. The number of carbonyl (C=O) groups excluding carboxylic acids is 1. The maximum atomic E-state index is 13.0. The maximum absolute atomic E-state index is 13.0. The number of benzene rings is 2. The zero-order valence-electron chi connectivity index (χ0n) is 21.7. The highest BCUT2D eigenvalue weighted by Gasteiger charge is 2.41. The minimum absolute atomic E-state index is 0.0540. The van der Waals surface area contributed by atoms with Gasteiger partial charge in [-0.25, -0.2) is 0 Å². The van der Waals surface area contributed by atoms with Crippen LogP contribution in [0.3, 0.4) is 0 Å². The summed E-state index contributed by atoms with van der Waals surface area (Å²) >= 11 is 5.82. The van der Waals surface area contributed by atoms with E-state index in [1.807, 2.05) is 86.8 Å². The van der Waals surface area contributed by atoms with Crippen LogP contribution in [0.2, 0.25) is 0 Å². The average Bonchev–Trinajstić information content (AvgIpc) is 3.54. The van der Waals surface area contributed by atoms with E-state index >= 15 is 0 Å². The summed E-state index contributed by atoms with van der Waals surface area (Å²) in [6.45, 7) is 4.46. The molecule has 7 nitrogen and oxygen atoms in total. The molecule has 2 N–H and O–H groups in total. The van der Waals surface area contributed by atoms with Gasteiger partial charge < -0.3 is 24.8 Å². The number of nitrogens with zero attached hydrogens (tertiary/aromatic N) is 3. The molecule has 1 fully saturated rings. The number of rotatable bonds is 8. The second kappa shape index (κ2) is 11.1. The lowest BCUT2D eigenvalue weighted by molar-refractivity contribution is -0.116. The summed E-state index contributed by atoms with van der Waals surface area (Å²) in [6, 6.07) is 23.6. The fourth-order valence-electron chi connectivity index (χ4n) is 4.96. The maximum Gasteiger partial charge on any atom is 0.226 e. The van der Waals surface area contributed by atoms with Crippen LogP contribution in [0.25, 0.3) is 5.69 Å². The van der Waals surface area contributed by atoms with Crippen LogP contribution in [0.4, 0.5) is 5.69 Å². The minimum Gasteiger partial charge on any atom is -0.495 e. The van der Waals surface area contributed by atoms with Gasteiger partial charge in [-0.1, -0.05) is 30.3 Å². The molecule has 1 saturated heterocycles. The van der Waals surface area contributed by atoms with Crippen LogP contribution in [-0.2, 0) is 4.79 Å². The quantitative estimate of drug-likeness (QED) is 0.296. The topological polar surface area (TPSA) is 71.4 Å². The number of pyridine rings is 1. The first kappa shape index (κ1) is 25.5. The molecule has 0 bridgehead atoms. The third-order valence-corrected chi connectivity index (χ3v) is 7.23. The highest BCUT2D eigenvalue weighted by Crippen LogP contribution is 2.40. The summed E-state index contributed by atoms with van der Waals surface area (Å²) in [5.74, 6) is 0.717. The Bertz CT molecular complexity index is 1450. The highest BCUT2D eigenvalue weighted by molar-refractivity contribution is 7.80. The van der Waals surface area contributed by atoms with Crippen molar-refractivity contribution in [2.75, 3.05) is 19.0 Å². The number of thiocarbonyl (C=S) groups is 1. The fraction of sp³-hybridized carbons (Fsp3) is 0.233. The first-order valence-electron chi connectivity index (χ1n) is 12.6. The molecule has 3 heterocycles. The summed E-state index contributed by atoms with van der Waals surface area (Å²) < 4.78 is 7.78. The van der Waals surface area contributed by atoms with Crippen LogP contribution < -0.4 is 15.4 Å². The van der Waals surface area contributed by atoms with Gasteiger partial charge in [0.2, 0.25) is 5.91 Å². The molecule has 5 rings (SSSR count). The molecule has 1 amide bonds. The Labute approximate surface area is 228 Å². The third kappa shape index (κ3) is 5.13. The van der Waals surface area contributed by atoms with Crippen molar-refractivity contribution in [3.8, 4) is 11.4 Å². The smallest absolute Gasteiger partial charge is 0.226 e. The van der Waals surface area contributed by atoms with Crippen LogP contribution in [0.1, 0.15) is 41.0 Å². The molecule has 2 aromatic heterocycles. The molecule has 1 aliphatic heterocycles. The average molecular weight is 526 g/mol. The summed E-state index contributed by atoms with van der Waals surface area (Å²) in [5.41, 5.74) is 5.81. The van der Waals surface area contributed by atoms with Crippen molar-refractivity contribution in [2.24, 2.45) is 0 Å². The van der Waals surface area contributed by atoms with Gasteiger partial charge in [-0.3, -0.25) is 9.78 Å². The number of para-hydroxylation sites is 2. The largest absolute Gasteiger partial charge is 0.495 e. The molecule has 4 aromatic rings. The zero-order chi connectivity index (χ0) is 26.6. The lowest BCUT2D eigenvalue weighted by Gasteiger charge is -2.29. The zero-order valence-corrected chi connectivity index (χ0v) is 22.5. The van der Waals surface area contributed by atoms with Gasteiger partial charge in [0, 0.05) is 36.7 Å². The predicted molar refractivity (Wildman–Crippen MR) is 154 cm³/mol. The number of anilines is 1. The van der Waals surface area contributed by atoms with Gasteiger partial charge in [0.1, 0.15) is 5.75 Å². The van der Waals surface area contributed by atoms with Crippen molar-refractivity contribution >= 4 is 28.9 Å². The Morgan fingerprint density at radius 2 is 1.89 bits per heavy atom. The number of nitrogens with one attached hydrogen (secondary N) is 2.